The third kappa shape index (κ3) is 2.23. The SMILES string of the molecule is Cc1c(C)[n+](CCOCCO)c2n1C1C(=O)N(C)C(=O)N(C)C1=N2. The van der Waals surface area contributed by atoms with Crippen molar-refractivity contribution in [3.05, 3.63) is 11.4 Å². The largest absolute Gasteiger partial charge is 0.402 e. The number of aliphatic imine (C=N–C) groups is 1. The van der Waals surface area contributed by atoms with Crippen molar-refractivity contribution >= 4 is 23.7 Å². The molecule has 24 heavy (non-hydrogen) atoms. The van der Waals surface area contributed by atoms with E-state index in [1.807, 2.05) is 23.0 Å². The summed E-state index contributed by atoms with van der Waals surface area (Å²) >= 11 is 0. The first-order chi connectivity index (χ1) is 11.4. The lowest BCUT2D eigenvalue weighted by atomic mass is 10.1. The first kappa shape index (κ1) is 16.6. The number of hydrogen-bond acceptors (Lipinski definition) is 5. The number of aromatic nitrogens is 2. The molecule has 1 aromatic rings. The number of rotatable bonds is 5. The van der Waals surface area contributed by atoms with Crippen LogP contribution < -0.4 is 4.57 Å². The van der Waals surface area contributed by atoms with Gasteiger partial charge in [-0.25, -0.2) is 13.9 Å². The van der Waals surface area contributed by atoms with Crippen LogP contribution in [0.1, 0.15) is 17.4 Å². The van der Waals surface area contributed by atoms with Gasteiger partial charge < -0.3 is 9.84 Å². The predicted octanol–water partition coefficient (Wildman–Crippen LogP) is -0.490. The van der Waals surface area contributed by atoms with Crippen LogP contribution in [0.4, 0.5) is 10.7 Å². The second-order valence-electron chi connectivity index (χ2n) is 5.94. The van der Waals surface area contributed by atoms with Gasteiger partial charge in [-0.2, -0.15) is 0 Å². The normalized spacial score (nSPS) is 19.7. The van der Waals surface area contributed by atoms with Crippen molar-refractivity contribution in [1.29, 1.82) is 0 Å². The first-order valence-corrected chi connectivity index (χ1v) is 7.83. The Kier molecular flexibility index (Phi) is 4.14. The molecule has 0 spiro atoms. The summed E-state index contributed by atoms with van der Waals surface area (Å²) in [7, 11) is 3.11. The summed E-state index contributed by atoms with van der Waals surface area (Å²) in [4.78, 5) is 31.8. The minimum Gasteiger partial charge on any atom is -0.394 e. The molecule has 1 saturated heterocycles. The molecule has 9 nitrogen and oxygen atoms in total. The van der Waals surface area contributed by atoms with E-state index in [2.05, 4.69) is 4.99 Å². The molecular formula is C15H22N5O4+. The molecule has 9 heteroatoms. The Morgan fingerprint density at radius 2 is 1.92 bits per heavy atom. The minimum absolute atomic E-state index is 0.0192. The highest BCUT2D eigenvalue weighted by Crippen LogP contribution is 2.34. The molecular weight excluding hydrogens is 314 g/mol. The number of amidine groups is 1. The highest BCUT2D eigenvalue weighted by molar-refractivity contribution is 6.20. The van der Waals surface area contributed by atoms with Gasteiger partial charge in [-0.3, -0.25) is 14.6 Å². The highest BCUT2D eigenvalue weighted by Gasteiger charge is 2.53. The Morgan fingerprint density at radius 1 is 1.21 bits per heavy atom. The molecule has 3 amide bonds. The number of nitrogens with zero attached hydrogens (tertiary/aromatic N) is 5. The maximum absolute atomic E-state index is 12.6. The lowest BCUT2D eigenvalue weighted by Gasteiger charge is -2.30. The molecule has 0 aliphatic carbocycles. The molecule has 1 aromatic heterocycles. The van der Waals surface area contributed by atoms with Gasteiger partial charge in [-0.15, -0.1) is 0 Å². The lowest BCUT2D eigenvalue weighted by molar-refractivity contribution is -0.690. The highest BCUT2D eigenvalue weighted by atomic mass is 16.5. The third-order valence-corrected chi connectivity index (χ3v) is 4.64. The van der Waals surface area contributed by atoms with Crippen LogP contribution >= 0.6 is 0 Å². The van der Waals surface area contributed by atoms with Gasteiger partial charge in [0, 0.05) is 14.1 Å². The van der Waals surface area contributed by atoms with E-state index in [-0.39, 0.29) is 25.2 Å². The molecule has 1 unspecified atom stereocenters. The molecule has 3 rings (SSSR count). The van der Waals surface area contributed by atoms with Gasteiger partial charge in [0.05, 0.1) is 26.4 Å². The van der Waals surface area contributed by atoms with Gasteiger partial charge in [0.1, 0.15) is 11.4 Å². The Hall–Kier alpha value is -2.26. The monoisotopic (exact) mass is 336 g/mol. The van der Waals surface area contributed by atoms with Crippen LogP contribution in [0.3, 0.4) is 0 Å². The molecule has 1 fully saturated rings. The number of ether oxygens (including phenoxy) is 1. The number of amides is 3. The second kappa shape index (κ2) is 5.99. The Bertz CT molecular complexity index is 739. The van der Waals surface area contributed by atoms with E-state index in [1.54, 1.807) is 7.05 Å². The molecule has 1 atom stereocenters. The predicted molar refractivity (Wildman–Crippen MR) is 84.1 cm³/mol. The van der Waals surface area contributed by atoms with Crippen LogP contribution in [0.25, 0.3) is 0 Å². The molecule has 1 N–H and O–H groups in total. The van der Waals surface area contributed by atoms with E-state index in [0.717, 1.165) is 16.3 Å². The van der Waals surface area contributed by atoms with Crippen LogP contribution in [-0.4, -0.2) is 71.2 Å². The number of imide groups is 1. The number of fused-ring (bicyclic) bond motifs is 3. The fourth-order valence-electron chi connectivity index (χ4n) is 3.17. The van der Waals surface area contributed by atoms with Gasteiger partial charge in [0.2, 0.25) is 11.9 Å². The summed E-state index contributed by atoms with van der Waals surface area (Å²) in [5, 5.41) is 8.79. The minimum atomic E-state index is -0.606. The van der Waals surface area contributed by atoms with Crippen molar-refractivity contribution in [3.8, 4) is 0 Å². The van der Waals surface area contributed by atoms with Crippen molar-refractivity contribution in [2.75, 3.05) is 33.9 Å². The van der Waals surface area contributed by atoms with Crippen molar-refractivity contribution in [2.45, 2.75) is 26.4 Å². The number of carbonyl (C=O) groups is 2. The number of imidazole rings is 1. The van der Waals surface area contributed by atoms with Crippen LogP contribution in [0.2, 0.25) is 0 Å². The average Bonchev–Trinajstić information content (AvgIpc) is 3.06. The molecule has 0 saturated carbocycles. The maximum atomic E-state index is 12.6. The Balaban J connectivity index is 2.00. The number of hydrogen-bond donors (Lipinski definition) is 1. The summed E-state index contributed by atoms with van der Waals surface area (Å²) in [6.45, 7) is 5.15. The van der Waals surface area contributed by atoms with Gasteiger partial charge in [-0.05, 0) is 13.8 Å². The molecule has 0 radical (unpaired) electrons. The summed E-state index contributed by atoms with van der Waals surface area (Å²) < 4.78 is 9.19. The van der Waals surface area contributed by atoms with Gasteiger partial charge in [0.15, 0.2) is 0 Å². The van der Waals surface area contributed by atoms with Crippen LogP contribution in [0.5, 0.6) is 0 Å². The summed E-state index contributed by atoms with van der Waals surface area (Å²) in [6, 6.07) is -0.987. The molecule has 130 valence electrons. The van der Waals surface area contributed by atoms with E-state index in [9.17, 15) is 9.59 Å². The van der Waals surface area contributed by atoms with Crippen molar-refractivity contribution < 1.29 is 24.0 Å². The topological polar surface area (TPSA) is 91.2 Å². The smallest absolute Gasteiger partial charge is 0.394 e. The Labute approximate surface area is 139 Å². The summed E-state index contributed by atoms with van der Waals surface area (Å²) in [5.74, 6) is 0.810. The number of carbonyl (C=O) groups excluding carboxylic acids is 2. The number of aliphatic hydroxyl groups is 1. The zero-order valence-corrected chi connectivity index (χ0v) is 14.3. The molecule has 0 bridgehead atoms. The number of aliphatic hydroxyl groups excluding tert-OH is 1. The van der Waals surface area contributed by atoms with Crippen molar-refractivity contribution in [2.24, 2.45) is 4.99 Å². The summed E-state index contributed by atoms with van der Waals surface area (Å²) in [6.07, 6.45) is 0. The van der Waals surface area contributed by atoms with E-state index >= 15 is 0 Å². The van der Waals surface area contributed by atoms with Crippen LogP contribution in [0, 0.1) is 13.8 Å². The van der Waals surface area contributed by atoms with Gasteiger partial charge in [0.25, 0.3) is 5.91 Å². The van der Waals surface area contributed by atoms with Crippen molar-refractivity contribution in [1.82, 2.24) is 14.4 Å². The van der Waals surface area contributed by atoms with E-state index in [0.29, 0.717) is 24.9 Å². The second-order valence-corrected chi connectivity index (χ2v) is 5.94. The van der Waals surface area contributed by atoms with Crippen LogP contribution in [0.15, 0.2) is 4.99 Å². The van der Waals surface area contributed by atoms with Gasteiger partial charge >= 0.3 is 12.0 Å². The molecule has 2 aliphatic heterocycles. The number of urea groups is 1. The fourth-order valence-corrected chi connectivity index (χ4v) is 3.17. The standard InChI is InChI=1S/C15H22N5O4/c1-9-10(2)20-11-12(17(3)15(23)18(4)13(11)22)16-14(20)19(9)5-7-24-8-6-21/h11,21H,5-8H2,1-4H3/q+1. The summed E-state index contributed by atoms with van der Waals surface area (Å²) in [5.41, 5.74) is 1.93. The average molecular weight is 336 g/mol. The molecule has 0 aromatic carbocycles. The first-order valence-electron chi connectivity index (χ1n) is 7.83. The van der Waals surface area contributed by atoms with E-state index in [1.165, 1.54) is 11.9 Å². The Morgan fingerprint density at radius 3 is 2.58 bits per heavy atom. The van der Waals surface area contributed by atoms with E-state index < -0.39 is 6.04 Å². The molecule has 3 heterocycles. The van der Waals surface area contributed by atoms with E-state index in [4.69, 9.17) is 9.84 Å². The van der Waals surface area contributed by atoms with Gasteiger partial charge in [-0.1, -0.05) is 4.99 Å². The fraction of sp³-hybridized carbons (Fsp3) is 0.600. The third-order valence-electron chi connectivity index (χ3n) is 4.64. The maximum Gasteiger partial charge on any atom is 0.402 e. The molecule has 2 aliphatic rings. The zero-order chi connectivity index (χ0) is 17.6. The van der Waals surface area contributed by atoms with Crippen molar-refractivity contribution in [3.63, 3.8) is 0 Å². The number of likely N-dealkylation sites (N-methyl/N-ethyl adjacent to an activating group) is 2. The van der Waals surface area contributed by atoms with Crippen LogP contribution in [-0.2, 0) is 16.1 Å². The zero-order valence-electron chi connectivity index (χ0n) is 14.3. The lowest BCUT2D eigenvalue weighted by Crippen LogP contribution is -2.56. The quantitative estimate of drug-likeness (QED) is 0.580.